The molecule has 1 heterocycles. The molecule has 2 fully saturated rings. The van der Waals surface area contributed by atoms with E-state index >= 15 is 0 Å². The van der Waals surface area contributed by atoms with Gasteiger partial charge in [-0.05, 0) is 51.4 Å². The van der Waals surface area contributed by atoms with Crippen LogP contribution in [-0.4, -0.2) is 19.3 Å². The molecule has 1 aliphatic heterocycles. The second-order valence-electron chi connectivity index (χ2n) is 10.1. The van der Waals surface area contributed by atoms with Gasteiger partial charge in [0, 0.05) is 18.9 Å². The highest BCUT2D eigenvalue weighted by atomic mass is 16.5. The minimum Gasteiger partial charge on any atom is -0.416 e. The summed E-state index contributed by atoms with van der Waals surface area (Å²) >= 11 is 0. The van der Waals surface area contributed by atoms with Crippen LogP contribution in [0.25, 0.3) is 21.5 Å². The first-order valence-corrected chi connectivity index (χ1v) is 12.6. The summed E-state index contributed by atoms with van der Waals surface area (Å²) in [4.78, 5) is 0. The van der Waals surface area contributed by atoms with E-state index in [4.69, 9.17) is 4.65 Å². The average Bonchev–Trinajstić information content (AvgIpc) is 3.27. The Morgan fingerprint density at radius 1 is 0.697 bits per heavy atom. The molecule has 33 heavy (non-hydrogen) atoms. The van der Waals surface area contributed by atoms with E-state index in [9.17, 15) is 0 Å². The van der Waals surface area contributed by atoms with E-state index in [1.807, 2.05) is 0 Å². The fourth-order valence-electron chi connectivity index (χ4n) is 6.39. The van der Waals surface area contributed by atoms with Gasteiger partial charge in [-0.1, -0.05) is 104 Å². The van der Waals surface area contributed by atoms with Crippen molar-refractivity contribution in [3.63, 3.8) is 0 Å². The van der Waals surface area contributed by atoms with E-state index in [0.717, 1.165) is 12.8 Å². The van der Waals surface area contributed by atoms with Crippen LogP contribution in [0.2, 0.25) is 0 Å². The number of fused-ring (bicyclic) bond motifs is 2. The van der Waals surface area contributed by atoms with Gasteiger partial charge in [0.2, 0.25) is 0 Å². The Morgan fingerprint density at radius 2 is 1.24 bits per heavy atom. The lowest BCUT2D eigenvalue weighted by Crippen LogP contribution is -2.52. The normalized spacial score (nSPS) is 20.8. The molecule has 4 aromatic rings. The molecule has 166 valence electrons. The summed E-state index contributed by atoms with van der Waals surface area (Å²) in [6.07, 6.45) is 8.61. The summed E-state index contributed by atoms with van der Waals surface area (Å²) in [5, 5.41) is 9.05. The van der Waals surface area contributed by atoms with Crippen molar-refractivity contribution >= 4 is 29.2 Å². The summed E-state index contributed by atoms with van der Waals surface area (Å²) in [7, 11) is 0.655. The highest BCUT2D eigenvalue weighted by Crippen LogP contribution is 2.39. The molecule has 1 atom stereocenters. The van der Waals surface area contributed by atoms with Gasteiger partial charge < -0.3 is 9.88 Å². The van der Waals surface area contributed by atoms with Crippen LogP contribution in [0, 0.1) is 5.92 Å². The van der Waals surface area contributed by atoms with E-state index in [1.165, 1.54) is 64.8 Å². The Morgan fingerprint density at radius 3 is 1.82 bits per heavy atom. The molecule has 4 aromatic carbocycles. The van der Waals surface area contributed by atoms with Gasteiger partial charge >= 0.3 is 7.62 Å². The molecule has 2 nitrogen and oxygen atoms in total. The van der Waals surface area contributed by atoms with Crippen LogP contribution in [0.4, 0.5) is 0 Å². The van der Waals surface area contributed by atoms with Crippen LogP contribution in [0.3, 0.4) is 0 Å². The molecule has 0 bridgehead atoms. The van der Waals surface area contributed by atoms with Gasteiger partial charge in [0.25, 0.3) is 0 Å². The van der Waals surface area contributed by atoms with Gasteiger partial charge in [-0.3, -0.25) is 0 Å². The number of hydrogen-bond acceptors (Lipinski definition) is 2. The Balaban J connectivity index is 1.38. The van der Waals surface area contributed by atoms with Crippen LogP contribution in [-0.2, 0) is 17.5 Å². The lowest BCUT2D eigenvalue weighted by molar-refractivity contribution is 0.0437. The van der Waals surface area contributed by atoms with Crippen molar-refractivity contribution in [3.05, 3.63) is 96.1 Å². The molecule has 6 rings (SSSR count). The van der Waals surface area contributed by atoms with Crippen molar-refractivity contribution in [2.75, 3.05) is 0 Å². The molecular weight excluding hydrogens is 401 g/mol. The number of benzene rings is 4. The number of rotatable bonds is 5. The number of hydrogen-bond donors (Lipinski definition) is 1. The molecule has 2 aliphatic rings. The van der Waals surface area contributed by atoms with Crippen molar-refractivity contribution in [1.29, 1.82) is 0 Å². The van der Waals surface area contributed by atoms with Gasteiger partial charge in [-0.2, -0.15) is 0 Å². The Bertz CT molecular complexity index is 1180. The third-order valence-corrected chi connectivity index (χ3v) is 7.99. The molecular formula is C30H32BNO. The van der Waals surface area contributed by atoms with Crippen molar-refractivity contribution in [1.82, 2.24) is 5.23 Å². The van der Waals surface area contributed by atoms with Crippen molar-refractivity contribution in [2.45, 2.75) is 56.6 Å². The van der Waals surface area contributed by atoms with E-state index in [-0.39, 0.29) is 5.60 Å². The molecule has 1 unspecified atom stereocenters. The fourth-order valence-corrected chi connectivity index (χ4v) is 6.39. The molecule has 1 saturated heterocycles. The first kappa shape index (κ1) is 21.0. The summed E-state index contributed by atoms with van der Waals surface area (Å²) in [6, 6.07) is 31.6. The Labute approximate surface area is 197 Å². The minimum absolute atomic E-state index is 0.215. The Hall–Kier alpha value is -2.62. The predicted molar refractivity (Wildman–Crippen MR) is 140 cm³/mol. The van der Waals surface area contributed by atoms with E-state index in [1.54, 1.807) is 0 Å². The zero-order chi connectivity index (χ0) is 22.1. The van der Waals surface area contributed by atoms with E-state index in [0.29, 0.717) is 19.6 Å². The summed E-state index contributed by atoms with van der Waals surface area (Å²) < 4.78 is 6.73. The smallest absolute Gasteiger partial charge is 0.361 e. The van der Waals surface area contributed by atoms with E-state index < -0.39 is 0 Å². The van der Waals surface area contributed by atoms with Crippen LogP contribution < -0.4 is 5.23 Å². The van der Waals surface area contributed by atoms with Crippen LogP contribution in [0.5, 0.6) is 0 Å². The topological polar surface area (TPSA) is 21.3 Å². The highest BCUT2D eigenvalue weighted by Gasteiger charge is 2.47. The minimum atomic E-state index is -0.215. The van der Waals surface area contributed by atoms with E-state index in [2.05, 4.69) is 90.2 Å². The predicted octanol–water partition coefficient (Wildman–Crippen LogP) is 6.35. The van der Waals surface area contributed by atoms with Crippen LogP contribution in [0.15, 0.2) is 84.9 Å². The maximum absolute atomic E-state index is 6.73. The SMILES string of the molecule is B1NC(C2CCCCC2)C(Cc2ccc3ccccc3c2)(Cc2ccc3ccccc3c2)O1. The lowest BCUT2D eigenvalue weighted by atomic mass is 9.72. The van der Waals surface area contributed by atoms with Gasteiger partial charge in [-0.25, -0.2) is 0 Å². The molecule has 0 amide bonds. The van der Waals surface area contributed by atoms with Crippen molar-refractivity contribution in [2.24, 2.45) is 5.92 Å². The first-order valence-electron chi connectivity index (χ1n) is 12.6. The molecule has 0 aromatic heterocycles. The molecule has 0 radical (unpaired) electrons. The highest BCUT2D eigenvalue weighted by molar-refractivity contribution is 6.25. The quantitative estimate of drug-likeness (QED) is 0.370. The fraction of sp³-hybridized carbons (Fsp3) is 0.333. The van der Waals surface area contributed by atoms with Crippen LogP contribution in [0.1, 0.15) is 43.2 Å². The largest absolute Gasteiger partial charge is 0.416 e. The molecule has 1 aliphatic carbocycles. The third-order valence-electron chi connectivity index (χ3n) is 7.99. The molecule has 1 saturated carbocycles. The van der Waals surface area contributed by atoms with Crippen molar-refractivity contribution < 1.29 is 4.65 Å². The lowest BCUT2D eigenvalue weighted by Gasteiger charge is -2.41. The Kier molecular flexibility index (Phi) is 5.69. The maximum Gasteiger partial charge on any atom is 0.361 e. The number of nitrogens with one attached hydrogen (secondary N) is 1. The second-order valence-corrected chi connectivity index (χ2v) is 10.1. The standard InChI is InChI=1S/C30H32BNO/c1-2-10-26(11-3-1)29-30(33-31-32-29,20-22-14-16-24-8-4-6-12-27(24)18-22)21-23-15-17-25-9-5-7-13-28(25)19-23/h4-9,12-19,26,29,31-32H,1-3,10-11,20-21H2. The van der Waals surface area contributed by atoms with Gasteiger partial charge in [0.1, 0.15) is 0 Å². The second kappa shape index (κ2) is 8.97. The van der Waals surface area contributed by atoms with Gasteiger partial charge in [0.05, 0.1) is 5.60 Å². The summed E-state index contributed by atoms with van der Waals surface area (Å²) in [6.45, 7) is 0. The zero-order valence-electron chi connectivity index (χ0n) is 19.3. The third kappa shape index (κ3) is 4.21. The monoisotopic (exact) mass is 433 g/mol. The first-order chi connectivity index (χ1) is 16.3. The van der Waals surface area contributed by atoms with Gasteiger partial charge in [-0.15, -0.1) is 0 Å². The maximum atomic E-state index is 6.73. The van der Waals surface area contributed by atoms with Crippen molar-refractivity contribution in [3.8, 4) is 0 Å². The summed E-state index contributed by atoms with van der Waals surface area (Å²) in [5.41, 5.74) is 2.53. The van der Waals surface area contributed by atoms with Crippen LogP contribution >= 0.6 is 0 Å². The average molecular weight is 433 g/mol. The summed E-state index contributed by atoms with van der Waals surface area (Å²) in [5.74, 6) is 0.696. The molecule has 1 N–H and O–H groups in total. The zero-order valence-corrected chi connectivity index (χ0v) is 19.3. The van der Waals surface area contributed by atoms with Gasteiger partial charge in [0.15, 0.2) is 0 Å². The molecule has 0 spiro atoms. The molecule has 3 heteroatoms.